The van der Waals surface area contributed by atoms with Gasteiger partial charge in [0.1, 0.15) is 5.75 Å². The minimum absolute atomic E-state index is 0.0723. The fraction of sp³-hybridized carbons (Fsp3) is 0.417. The molecule has 1 aliphatic carbocycles. The van der Waals surface area contributed by atoms with Gasteiger partial charge >= 0.3 is 5.97 Å². The lowest BCUT2D eigenvalue weighted by atomic mass is 9.92. The Bertz CT molecular complexity index is 374. The van der Waals surface area contributed by atoms with Crippen molar-refractivity contribution in [1.82, 2.24) is 0 Å². The molecule has 0 radical (unpaired) electrons. The number of hydrogen-bond acceptors (Lipinski definition) is 3. The number of aryl methyl sites for hydroxylation is 2. The van der Waals surface area contributed by atoms with E-state index in [-0.39, 0.29) is 12.5 Å². The third-order valence-corrected chi connectivity index (χ3v) is 2.72. The van der Waals surface area contributed by atoms with Gasteiger partial charge in [0.25, 0.3) is 0 Å². The van der Waals surface area contributed by atoms with Crippen LogP contribution in [0.2, 0.25) is 0 Å². The molecule has 0 amide bonds. The summed E-state index contributed by atoms with van der Waals surface area (Å²) in [6.07, 6.45) is 4.71. The van der Waals surface area contributed by atoms with E-state index in [1.807, 2.05) is 18.2 Å². The van der Waals surface area contributed by atoms with Crippen molar-refractivity contribution in [3.05, 3.63) is 29.3 Å². The highest BCUT2D eigenvalue weighted by Crippen LogP contribution is 2.25. The fourth-order valence-corrected chi connectivity index (χ4v) is 1.95. The first kappa shape index (κ1) is 10.2. The lowest BCUT2D eigenvalue weighted by Gasteiger charge is -2.16. The maximum absolute atomic E-state index is 11.0. The summed E-state index contributed by atoms with van der Waals surface area (Å²) in [5.74, 6) is 0.233. The van der Waals surface area contributed by atoms with E-state index < -0.39 is 0 Å². The van der Waals surface area contributed by atoms with Gasteiger partial charge in [0.2, 0.25) is 0 Å². The maximum atomic E-state index is 11.0. The summed E-state index contributed by atoms with van der Waals surface area (Å²) in [5.41, 5.74) is 7.88. The van der Waals surface area contributed by atoms with Crippen LogP contribution in [0.1, 0.15) is 24.0 Å². The summed E-state index contributed by atoms with van der Waals surface area (Å²) in [6, 6.07) is 5.85. The Morgan fingerprint density at radius 3 is 2.73 bits per heavy atom. The van der Waals surface area contributed by atoms with E-state index in [9.17, 15) is 4.79 Å². The lowest BCUT2D eigenvalue weighted by Crippen LogP contribution is -2.19. The van der Waals surface area contributed by atoms with E-state index in [2.05, 4.69) is 0 Å². The third-order valence-electron chi connectivity index (χ3n) is 2.72. The first-order chi connectivity index (χ1) is 7.29. The Kier molecular flexibility index (Phi) is 3.02. The predicted octanol–water partition coefficient (Wildman–Crippen LogP) is 1.43. The molecule has 3 nitrogen and oxygen atoms in total. The number of esters is 1. The lowest BCUT2D eigenvalue weighted by molar-refractivity contribution is -0.132. The molecule has 0 unspecified atom stereocenters. The molecule has 0 saturated heterocycles. The number of carbonyl (C=O) groups excluding carboxylic acids is 1. The van der Waals surface area contributed by atoms with Gasteiger partial charge < -0.3 is 10.5 Å². The topological polar surface area (TPSA) is 52.3 Å². The van der Waals surface area contributed by atoms with Crippen LogP contribution in [0.4, 0.5) is 0 Å². The molecule has 2 rings (SSSR count). The summed E-state index contributed by atoms with van der Waals surface area (Å²) >= 11 is 0. The van der Waals surface area contributed by atoms with Crippen LogP contribution in [0.25, 0.3) is 0 Å². The van der Waals surface area contributed by atoms with Gasteiger partial charge in [0.05, 0.1) is 6.54 Å². The molecule has 0 saturated carbocycles. The number of hydrogen-bond donors (Lipinski definition) is 1. The third kappa shape index (κ3) is 2.36. The molecule has 2 N–H and O–H groups in total. The van der Waals surface area contributed by atoms with E-state index >= 15 is 0 Å². The van der Waals surface area contributed by atoms with Gasteiger partial charge in [0.15, 0.2) is 0 Å². The Morgan fingerprint density at radius 2 is 2.00 bits per heavy atom. The van der Waals surface area contributed by atoms with Gasteiger partial charge in [-0.2, -0.15) is 0 Å². The molecule has 1 aliphatic rings. The van der Waals surface area contributed by atoms with Crippen molar-refractivity contribution in [2.45, 2.75) is 25.7 Å². The molecule has 0 spiro atoms. The second-order valence-corrected chi connectivity index (χ2v) is 3.82. The highest BCUT2D eigenvalue weighted by Gasteiger charge is 2.10. The zero-order chi connectivity index (χ0) is 10.7. The summed E-state index contributed by atoms with van der Waals surface area (Å²) in [7, 11) is 0. The van der Waals surface area contributed by atoms with E-state index in [0.717, 1.165) is 12.8 Å². The first-order valence-corrected chi connectivity index (χ1v) is 5.32. The van der Waals surface area contributed by atoms with Crippen LogP contribution in [0.5, 0.6) is 5.75 Å². The maximum Gasteiger partial charge on any atom is 0.325 e. The van der Waals surface area contributed by atoms with Crippen molar-refractivity contribution in [2.24, 2.45) is 5.73 Å². The Hall–Kier alpha value is -1.35. The number of rotatable bonds is 2. The summed E-state index contributed by atoms with van der Waals surface area (Å²) in [5, 5.41) is 0. The van der Waals surface area contributed by atoms with Crippen LogP contribution in [0.15, 0.2) is 18.2 Å². The molecule has 0 fully saturated rings. The van der Waals surface area contributed by atoms with Crippen molar-refractivity contribution in [1.29, 1.82) is 0 Å². The van der Waals surface area contributed by atoms with Crippen molar-refractivity contribution < 1.29 is 9.53 Å². The molecule has 0 aromatic heterocycles. The zero-order valence-corrected chi connectivity index (χ0v) is 8.66. The monoisotopic (exact) mass is 205 g/mol. The Morgan fingerprint density at radius 1 is 1.27 bits per heavy atom. The molecule has 0 aliphatic heterocycles. The van der Waals surface area contributed by atoms with Crippen LogP contribution < -0.4 is 10.5 Å². The fourth-order valence-electron chi connectivity index (χ4n) is 1.95. The van der Waals surface area contributed by atoms with Crippen molar-refractivity contribution in [2.75, 3.05) is 6.54 Å². The quantitative estimate of drug-likeness (QED) is 0.587. The molecule has 0 heterocycles. The predicted molar refractivity (Wildman–Crippen MR) is 57.8 cm³/mol. The van der Waals surface area contributed by atoms with E-state index in [4.69, 9.17) is 10.5 Å². The molecule has 3 heteroatoms. The molecular formula is C12H15NO2. The minimum Gasteiger partial charge on any atom is -0.426 e. The van der Waals surface area contributed by atoms with E-state index in [0.29, 0.717) is 5.75 Å². The molecule has 1 aromatic carbocycles. The van der Waals surface area contributed by atoms with Crippen molar-refractivity contribution in [3.8, 4) is 5.75 Å². The highest BCUT2D eigenvalue weighted by molar-refractivity contribution is 5.74. The number of benzene rings is 1. The standard InChI is InChI=1S/C12H15NO2/c13-8-12(14)15-11-6-5-9-3-1-2-4-10(9)7-11/h5-7H,1-4,8,13H2. The number of carbonyl (C=O) groups is 1. The Balaban J connectivity index is 2.17. The summed E-state index contributed by atoms with van der Waals surface area (Å²) in [6.45, 7) is -0.0723. The van der Waals surface area contributed by atoms with Crippen LogP contribution in [0, 0.1) is 0 Å². The van der Waals surface area contributed by atoms with Crippen LogP contribution in [0.3, 0.4) is 0 Å². The number of fused-ring (bicyclic) bond motifs is 1. The first-order valence-electron chi connectivity index (χ1n) is 5.32. The summed E-state index contributed by atoms with van der Waals surface area (Å²) in [4.78, 5) is 11.0. The average Bonchev–Trinajstić information content (AvgIpc) is 2.29. The second kappa shape index (κ2) is 4.45. The normalized spacial score (nSPS) is 14.5. The van der Waals surface area contributed by atoms with Gasteiger partial charge in [0, 0.05) is 0 Å². The molecule has 1 aromatic rings. The SMILES string of the molecule is NCC(=O)Oc1ccc2c(c1)CCCC2. The largest absolute Gasteiger partial charge is 0.426 e. The minimum atomic E-state index is -0.384. The van der Waals surface area contributed by atoms with Crippen LogP contribution in [-0.2, 0) is 17.6 Å². The number of nitrogens with two attached hydrogens (primary N) is 1. The van der Waals surface area contributed by atoms with Gasteiger partial charge in [-0.1, -0.05) is 6.07 Å². The van der Waals surface area contributed by atoms with Crippen LogP contribution in [-0.4, -0.2) is 12.5 Å². The molecule has 15 heavy (non-hydrogen) atoms. The highest BCUT2D eigenvalue weighted by atomic mass is 16.5. The van der Waals surface area contributed by atoms with Crippen LogP contribution >= 0.6 is 0 Å². The Labute approximate surface area is 89.2 Å². The summed E-state index contributed by atoms with van der Waals surface area (Å²) < 4.78 is 5.07. The van der Waals surface area contributed by atoms with E-state index in [1.54, 1.807) is 0 Å². The number of ether oxygens (including phenoxy) is 1. The zero-order valence-electron chi connectivity index (χ0n) is 8.66. The van der Waals surface area contributed by atoms with Gasteiger partial charge in [-0.3, -0.25) is 4.79 Å². The molecular weight excluding hydrogens is 190 g/mol. The smallest absolute Gasteiger partial charge is 0.325 e. The molecule has 80 valence electrons. The van der Waals surface area contributed by atoms with Crippen molar-refractivity contribution in [3.63, 3.8) is 0 Å². The van der Waals surface area contributed by atoms with Gasteiger partial charge in [-0.25, -0.2) is 0 Å². The second-order valence-electron chi connectivity index (χ2n) is 3.82. The average molecular weight is 205 g/mol. The van der Waals surface area contributed by atoms with Gasteiger partial charge in [-0.05, 0) is 48.9 Å². The molecule has 0 bridgehead atoms. The van der Waals surface area contributed by atoms with E-state index in [1.165, 1.54) is 24.0 Å². The van der Waals surface area contributed by atoms with Crippen molar-refractivity contribution >= 4 is 5.97 Å². The van der Waals surface area contributed by atoms with Gasteiger partial charge in [-0.15, -0.1) is 0 Å². The molecule has 0 atom stereocenters.